The molecule has 0 spiro atoms. The van der Waals surface area contributed by atoms with Gasteiger partial charge in [-0.15, -0.1) is 0 Å². The predicted molar refractivity (Wildman–Crippen MR) is 114 cm³/mol. The average Bonchev–Trinajstić information content (AvgIpc) is 2.75. The molecule has 0 unspecified atom stereocenters. The van der Waals surface area contributed by atoms with Crippen molar-refractivity contribution in [3.05, 3.63) is 81.9 Å². The smallest absolute Gasteiger partial charge is 0.337 e. The van der Waals surface area contributed by atoms with Crippen LogP contribution in [0.4, 0.5) is 5.69 Å². The Bertz CT molecular complexity index is 1040. The SMILES string of the molecule is COC(=O)c1ccc(-c2ccc(NCc3oc(CSC)cc(=O)c3O)cc2)cc1. The molecule has 3 aromatic rings. The molecule has 0 radical (unpaired) electrons. The Morgan fingerprint density at radius 1 is 1.10 bits per heavy atom. The lowest BCUT2D eigenvalue weighted by Crippen LogP contribution is -2.08. The molecule has 0 aliphatic heterocycles. The van der Waals surface area contributed by atoms with Gasteiger partial charge >= 0.3 is 5.97 Å². The summed E-state index contributed by atoms with van der Waals surface area (Å²) >= 11 is 1.54. The largest absolute Gasteiger partial charge is 0.502 e. The van der Waals surface area contributed by atoms with E-state index in [1.165, 1.54) is 24.9 Å². The van der Waals surface area contributed by atoms with Gasteiger partial charge in [-0.3, -0.25) is 4.79 Å². The van der Waals surface area contributed by atoms with Crippen LogP contribution in [0.3, 0.4) is 0 Å². The molecular weight excluding hydrogens is 390 g/mol. The lowest BCUT2D eigenvalue weighted by Gasteiger charge is -2.10. The van der Waals surface area contributed by atoms with Crippen molar-refractivity contribution in [1.29, 1.82) is 0 Å². The molecule has 29 heavy (non-hydrogen) atoms. The molecule has 0 aliphatic carbocycles. The predicted octanol–water partition coefficient (Wildman–Crippen LogP) is 4.27. The maximum Gasteiger partial charge on any atom is 0.337 e. The molecule has 1 heterocycles. The summed E-state index contributed by atoms with van der Waals surface area (Å²) in [6.07, 6.45) is 1.91. The van der Waals surface area contributed by atoms with Crippen LogP contribution >= 0.6 is 11.8 Å². The minimum Gasteiger partial charge on any atom is -0.502 e. The van der Waals surface area contributed by atoms with Crippen LogP contribution in [0.1, 0.15) is 21.9 Å². The fraction of sp³-hybridized carbons (Fsp3) is 0.182. The van der Waals surface area contributed by atoms with Gasteiger partial charge in [-0.1, -0.05) is 24.3 Å². The summed E-state index contributed by atoms with van der Waals surface area (Å²) in [4.78, 5) is 23.4. The third-order valence-corrected chi connectivity index (χ3v) is 4.88. The monoisotopic (exact) mass is 411 g/mol. The summed E-state index contributed by atoms with van der Waals surface area (Å²) < 4.78 is 10.3. The van der Waals surface area contributed by atoms with Crippen LogP contribution in [0.25, 0.3) is 11.1 Å². The van der Waals surface area contributed by atoms with Crippen LogP contribution < -0.4 is 10.7 Å². The molecule has 3 rings (SSSR count). The van der Waals surface area contributed by atoms with Crippen molar-refractivity contribution in [2.45, 2.75) is 12.3 Å². The van der Waals surface area contributed by atoms with Gasteiger partial charge in [0.2, 0.25) is 11.2 Å². The summed E-state index contributed by atoms with van der Waals surface area (Å²) in [7, 11) is 1.35. The maximum absolute atomic E-state index is 11.9. The van der Waals surface area contributed by atoms with E-state index in [1.807, 2.05) is 42.7 Å². The molecule has 7 heteroatoms. The first kappa shape index (κ1) is 20.5. The van der Waals surface area contributed by atoms with Gasteiger partial charge in [0.25, 0.3) is 0 Å². The molecule has 6 nitrogen and oxygen atoms in total. The van der Waals surface area contributed by atoms with Gasteiger partial charge in [0.05, 0.1) is 25.0 Å². The van der Waals surface area contributed by atoms with Gasteiger partial charge in [-0.25, -0.2) is 4.79 Å². The van der Waals surface area contributed by atoms with Crippen molar-refractivity contribution in [3.8, 4) is 16.9 Å². The summed E-state index contributed by atoms with van der Waals surface area (Å²) in [5.74, 6) is 0.565. The molecule has 150 valence electrons. The zero-order valence-electron chi connectivity index (χ0n) is 16.1. The maximum atomic E-state index is 11.9. The average molecular weight is 411 g/mol. The highest BCUT2D eigenvalue weighted by atomic mass is 32.2. The standard InChI is InChI=1S/C22H21NO5S/c1-27-22(26)16-5-3-14(4-6-16)15-7-9-17(10-8-15)23-12-20-21(25)19(24)11-18(28-20)13-29-2/h3-11,23,25H,12-13H2,1-2H3. The highest BCUT2D eigenvalue weighted by molar-refractivity contribution is 7.97. The molecule has 2 N–H and O–H groups in total. The van der Waals surface area contributed by atoms with E-state index >= 15 is 0 Å². The first-order valence-electron chi connectivity index (χ1n) is 8.88. The number of hydrogen-bond acceptors (Lipinski definition) is 7. The number of rotatable bonds is 7. The van der Waals surface area contributed by atoms with Gasteiger partial charge in [-0.05, 0) is 41.6 Å². The van der Waals surface area contributed by atoms with Gasteiger partial charge in [0.15, 0.2) is 5.76 Å². The van der Waals surface area contributed by atoms with Crippen molar-refractivity contribution in [1.82, 2.24) is 0 Å². The number of carbonyl (C=O) groups excluding carboxylic acids is 1. The van der Waals surface area contributed by atoms with Crippen molar-refractivity contribution >= 4 is 23.4 Å². The van der Waals surface area contributed by atoms with Crippen LogP contribution in [0.15, 0.2) is 63.8 Å². The number of ether oxygens (including phenoxy) is 1. The Hall–Kier alpha value is -3.19. The van der Waals surface area contributed by atoms with Crippen LogP contribution in [0.2, 0.25) is 0 Å². The zero-order valence-corrected chi connectivity index (χ0v) is 16.9. The van der Waals surface area contributed by atoms with Crippen molar-refractivity contribution < 1.29 is 19.1 Å². The van der Waals surface area contributed by atoms with Crippen LogP contribution in [0.5, 0.6) is 5.75 Å². The first-order valence-corrected chi connectivity index (χ1v) is 10.3. The summed E-state index contributed by atoms with van der Waals surface area (Å²) in [6.45, 7) is 0.191. The third kappa shape index (κ3) is 5.00. The van der Waals surface area contributed by atoms with E-state index in [4.69, 9.17) is 9.15 Å². The van der Waals surface area contributed by atoms with Crippen LogP contribution in [-0.4, -0.2) is 24.4 Å². The Balaban J connectivity index is 1.70. The summed E-state index contributed by atoms with van der Waals surface area (Å²) in [5, 5.41) is 13.1. The number of benzene rings is 2. The van der Waals surface area contributed by atoms with E-state index in [-0.39, 0.29) is 24.0 Å². The number of thioether (sulfide) groups is 1. The van der Waals surface area contributed by atoms with Gasteiger partial charge in [0, 0.05) is 11.8 Å². The second-order valence-electron chi connectivity index (χ2n) is 6.28. The number of anilines is 1. The molecule has 1 aromatic heterocycles. The molecule has 0 bridgehead atoms. The van der Waals surface area contributed by atoms with Crippen LogP contribution in [0, 0.1) is 0 Å². The second-order valence-corrected chi connectivity index (χ2v) is 7.15. The fourth-order valence-electron chi connectivity index (χ4n) is 2.80. The molecule has 0 fully saturated rings. The van der Waals surface area contributed by atoms with E-state index in [1.54, 1.807) is 12.1 Å². The highest BCUT2D eigenvalue weighted by Crippen LogP contribution is 2.23. The van der Waals surface area contributed by atoms with E-state index in [2.05, 4.69) is 5.32 Å². The quantitative estimate of drug-likeness (QED) is 0.561. The molecule has 0 saturated heterocycles. The Morgan fingerprint density at radius 2 is 1.72 bits per heavy atom. The normalized spacial score (nSPS) is 10.6. The third-order valence-electron chi connectivity index (χ3n) is 4.31. The minimum atomic E-state index is -0.442. The van der Waals surface area contributed by atoms with E-state index in [0.717, 1.165) is 16.8 Å². The lowest BCUT2D eigenvalue weighted by molar-refractivity contribution is 0.0600. The summed E-state index contributed by atoms with van der Waals surface area (Å²) in [5.41, 5.74) is 2.83. The number of methoxy groups -OCH3 is 1. The van der Waals surface area contributed by atoms with E-state index in [9.17, 15) is 14.7 Å². The molecular formula is C22H21NO5S. The molecule has 0 saturated carbocycles. The summed E-state index contributed by atoms with van der Waals surface area (Å²) in [6, 6.07) is 16.1. The highest BCUT2D eigenvalue weighted by Gasteiger charge is 2.11. The van der Waals surface area contributed by atoms with Crippen LogP contribution in [-0.2, 0) is 17.0 Å². The van der Waals surface area contributed by atoms with Gasteiger partial charge in [-0.2, -0.15) is 11.8 Å². The fourth-order valence-corrected chi connectivity index (χ4v) is 3.23. The second kappa shape index (κ2) is 9.34. The Morgan fingerprint density at radius 3 is 2.31 bits per heavy atom. The zero-order chi connectivity index (χ0) is 20.8. The number of aromatic hydroxyl groups is 1. The van der Waals surface area contributed by atoms with E-state index < -0.39 is 5.43 Å². The Labute approximate surface area is 172 Å². The molecule has 0 aliphatic rings. The van der Waals surface area contributed by atoms with Crippen molar-refractivity contribution in [2.24, 2.45) is 0 Å². The number of esters is 1. The first-order chi connectivity index (χ1) is 14.0. The van der Waals surface area contributed by atoms with Gasteiger partial charge in [0.1, 0.15) is 5.76 Å². The van der Waals surface area contributed by atoms with Crippen molar-refractivity contribution in [2.75, 3.05) is 18.7 Å². The Kier molecular flexibility index (Phi) is 6.61. The van der Waals surface area contributed by atoms with E-state index in [0.29, 0.717) is 17.1 Å². The molecule has 0 atom stereocenters. The topological polar surface area (TPSA) is 88.8 Å². The number of carbonyl (C=O) groups is 1. The van der Waals surface area contributed by atoms with Gasteiger partial charge < -0.3 is 19.6 Å². The van der Waals surface area contributed by atoms with Crippen molar-refractivity contribution in [3.63, 3.8) is 0 Å². The number of hydrogen-bond donors (Lipinski definition) is 2. The minimum absolute atomic E-state index is 0.191. The lowest BCUT2D eigenvalue weighted by atomic mass is 10.0. The number of nitrogens with one attached hydrogen (secondary N) is 1. The molecule has 2 aromatic carbocycles. The molecule has 0 amide bonds.